The van der Waals surface area contributed by atoms with Gasteiger partial charge < -0.3 is 5.73 Å². The van der Waals surface area contributed by atoms with Gasteiger partial charge in [-0.15, -0.1) is 11.3 Å². The lowest BCUT2D eigenvalue weighted by Crippen LogP contribution is -1.90. The number of rotatable bonds is 2. The van der Waals surface area contributed by atoms with Crippen LogP contribution in [0.5, 0.6) is 0 Å². The van der Waals surface area contributed by atoms with Crippen LogP contribution in [-0.4, -0.2) is 15.2 Å². The lowest BCUT2D eigenvalue weighted by molar-refractivity contribution is 1.10. The van der Waals surface area contributed by atoms with E-state index in [4.69, 9.17) is 5.73 Å². The Kier molecular flexibility index (Phi) is 2.60. The van der Waals surface area contributed by atoms with Crippen molar-refractivity contribution >= 4 is 17.2 Å². The van der Waals surface area contributed by atoms with E-state index in [1.807, 2.05) is 18.2 Å². The Labute approximate surface area is 109 Å². The van der Waals surface area contributed by atoms with Crippen LogP contribution in [-0.2, 0) is 0 Å². The highest BCUT2D eigenvalue weighted by molar-refractivity contribution is 7.13. The van der Waals surface area contributed by atoms with Gasteiger partial charge in [-0.1, -0.05) is 6.07 Å². The van der Waals surface area contributed by atoms with Gasteiger partial charge in [-0.05, 0) is 36.1 Å². The molecule has 3 rings (SSSR count). The van der Waals surface area contributed by atoms with Crippen molar-refractivity contribution in [3.8, 4) is 21.8 Å². The van der Waals surface area contributed by atoms with Gasteiger partial charge in [0.15, 0.2) is 5.82 Å². The number of pyridine rings is 1. The van der Waals surface area contributed by atoms with Gasteiger partial charge >= 0.3 is 0 Å². The van der Waals surface area contributed by atoms with Crippen molar-refractivity contribution in [3.05, 3.63) is 41.4 Å². The highest BCUT2D eigenvalue weighted by Gasteiger charge is 2.17. The van der Waals surface area contributed by atoms with E-state index in [0.29, 0.717) is 5.82 Å². The highest BCUT2D eigenvalue weighted by Crippen LogP contribution is 2.37. The first-order valence-corrected chi connectivity index (χ1v) is 6.45. The number of nitrogen functional groups attached to an aromatic ring is 1. The van der Waals surface area contributed by atoms with Crippen molar-refractivity contribution in [2.75, 3.05) is 5.73 Å². The standard InChI is InChI=1S/C13H12N4S/c1-8-5-7-18-12(8)11-10(13(14)17-16-11)9-4-2-3-6-15-9/h2-7H,1H3,(H3,14,16,17). The van der Waals surface area contributed by atoms with Gasteiger partial charge in [-0.3, -0.25) is 10.1 Å². The minimum atomic E-state index is 0.483. The molecule has 0 radical (unpaired) electrons. The van der Waals surface area contributed by atoms with Crippen LogP contribution in [0.3, 0.4) is 0 Å². The molecule has 3 heterocycles. The summed E-state index contributed by atoms with van der Waals surface area (Å²) in [6, 6.07) is 7.85. The van der Waals surface area contributed by atoms with Crippen molar-refractivity contribution in [3.63, 3.8) is 0 Å². The Morgan fingerprint density at radius 2 is 2.17 bits per heavy atom. The number of nitrogens with zero attached hydrogens (tertiary/aromatic N) is 2. The molecule has 0 bridgehead atoms. The summed E-state index contributed by atoms with van der Waals surface area (Å²) in [6.07, 6.45) is 1.76. The molecule has 0 spiro atoms. The second-order valence-corrected chi connectivity index (χ2v) is 4.92. The fourth-order valence-electron chi connectivity index (χ4n) is 1.92. The molecule has 0 saturated carbocycles. The van der Waals surface area contributed by atoms with Gasteiger partial charge in [0.1, 0.15) is 0 Å². The molecule has 0 aromatic carbocycles. The number of anilines is 1. The number of nitrogens with one attached hydrogen (secondary N) is 1. The van der Waals surface area contributed by atoms with E-state index in [0.717, 1.165) is 21.8 Å². The summed E-state index contributed by atoms with van der Waals surface area (Å²) in [4.78, 5) is 5.50. The summed E-state index contributed by atoms with van der Waals surface area (Å²) in [5.41, 5.74) is 9.82. The average molecular weight is 256 g/mol. The molecular formula is C13H12N4S. The Morgan fingerprint density at radius 3 is 2.83 bits per heavy atom. The van der Waals surface area contributed by atoms with Gasteiger partial charge in [-0.25, -0.2) is 0 Å². The molecule has 0 unspecified atom stereocenters. The first-order valence-electron chi connectivity index (χ1n) is 5.57. The van der Waals surface area contributed by atoms with Crippen molar-refractivity contribution in [1.82, 2.24) is 15.2 Å². The van der Waals surface area contributed by atoms with Crippen molar-refractivity contribution in [2.24, 2.45) is 0 Å². The molecule has 0 amide bonds. The van der Waals surface area contributed by atoms with Crippen LogP contribution in [0.2, 0.25) is 0 Å². The summed E-state index contributed by atoms with van der Waals surface area (Å²) < 4.78 is 0. The Balaban J connectivity index is 2.22. The number of nitrogens with two attached hydrogens (primary N) is 1. The number of thiophene rings is 1. The van der Waals surface area contributed by atoms with E-state index in [-0.39, 0.29) is 0 Å². The number of aryl methyl sites for hydroxylation is 1. The monoisotopic (exact) mass is 256 g/mol. The normalized spacial score (nSPS) is 10.7. The van der Waals surface area contributed by atoms with Gasteiger partial charge in [0.05, 0.1) is 21.8 Å². The Morgan fingerprint density at radius 1 is 1.28 bits per heavy atom. The maximum atomic E-state index is 5.95. The van der Waals surface area contributed by atoms with Gasteiger partial charge in [-0.2, -0.15) is 5.10 Å². The summed E-state index contributed by atoms with van der Waals surface area (Å²) in [7, 11) is 0. The first kappa shape index (κ1) is 11.0. The lowest BCUT2D eigenvalue weighted by atomic mass is 10.1. The van der Waals surface area contributed by atoms with Crippen molar-refractivity contribution in [2.45, 2.75) is 6.92 Å². The molecule has 0 fully saturated rings. The molecule has 0 atom stereocenters. The summed E-state index contributed by atoms with van der Waals surface area (Å²) in [5, 5.41) is 9.18. The quantitative estimate of drug-likeness (QED) is 0.740. The highest BCUT2D eigenvalue weighted by atomic mass is 32.1. The predicted molar refractivity (Wildman–Crippen MR) is 74.3 cm³/mol. The van der Waals surface area contributed by atoms with Crippen LogP contribution < -0.4 is 5.73 Å². The summed E-state index contributed by atoms with van der Waals surface area (Å²) in [6.45, 7) is 2.07. The maximum Gasteiger partial charge on any atom is 0.155 e. The van der Waals surface area contributed by atoms with E-state index < -0.39 is 0 Å². The predicted octanol–water partition coefficient (Wildman–Crippen LogP) is 3.09. The van der Waals surface area contributed by atoms with Crippen LogP contribution >= 0.6 is 11.3 Å². The summed E-state index contributed by atoms with van der Waals surface area (Å²) in [5.74, 6) is 0.483. The largest absolute Gasteiger partial charge is 0.382 e. The van der Waals surface area contributed by atoms with E-state index in [2.05, 4.69) is 33.6 Å². The van der Waals surface area contributed by atoms with Crippen LogP contribution in [0, 0.1) is 6.92 Å². The van der Waals surface area contributed by atoms with Crippen molar-refractivity contribution in [1.29, 1.82) is 0 Å². The second kappa shape index (κ2) is 4.27. The van der Waals surface area contributed by atoms with Gasteiger partial charge in [0.2, 0.25) is 0 Å². The molecule has 3 aromatic heterocycles. The zero-order valence-corrected chi connectivity index (χ0v) is 10.7. The smallest absolute Gasteiger partial charge is 0.155 e. The zero-order chi connectivity index (χ0) is 12.5. The number of aromatic amines is 1. The molecular weight excluding hydrogens is 244 g/mol. The number of H-pyrrole nitrogens is 1. The fourth-order valence-corrected chi connectivity index (χ4v) is 2.85. The lowest BCUT2D eigenvalue weighted by Gasteiger charge is -2.02. The third-order valence-corrected chi connectivity index (χ3v) is 3.84. The van der Waals surface area contributed by atoms with E-state index in [9.17, 15) is 0 Å². The molecule has 0 aliphatic heterocycles. The topological polar surface area (TPSA) is 67.6 Å². The van der Waals surface area contributed by atoms with E-state index >= 15 is 0 Å². The summed E-state index contributed by atoms with van der Waals surface area (Å²) >= 11 is 1.67. The SMILES string of the molecule is Cc1ccsc1-c1[nH]nc(N)c1-c1ccccn1. The van der Waals surface area contributed by atoms with E-state index in [1.165, 1.54) is 5.56 Å². The van der Waals surface area contributed by atoms with Gasteiger partial charge in [0.25, 0.3) is 0 Å². The zero-order valence-electron chi connectivity index (χ0n) is 9.84. The molecule has 4 nitrogen and oxygen atoms in total. The molecule has 5 heteroatoms. The van der Waals surface area contributed by atoms with Crippen LogP contribution in [0.25, 0.3) is 21.8 Å². The molecule has 0 saturated heterocycles. The second-order valence-electron chi connectivity index (χ2n) is 4.01. The first-order chi connectivity index (χ1) is 8.77. The number of aromatic nitrogens is 3. The average Bonchev–Trinajstić information content (AvgIpc) is 2.96. The number of hydrogen-bond acceptors (Lipinski definition) is 4. The van der Waals surface area contributed by atoms with E-state index in [1.54, 1.807) is 17.5 Å². The third kappa shape index (κ3) is 1.69. The van der Waals surface area contributed by atoms with Crippen LogP contribution in [0.1, 0.15) is 5.56 Å². The van der Waals surface area contributed by atoms with Crippen molar-refractivity contribution < 1.29 is 0 Å². The minimum Gasteiger partial charge on any atom is -0.382 e. The molecule has 0 aliphatic carbocycles. The molecule has 3 N–H and O–H groups in total. The third-order valence-electron chi connectivity index (χ3n) is 2.80. The molecule has 3 aromatic rings. The Hall–Kier alpha value is -2.14. The molecule has 0 aliphatic rings. The van der Waals surface area contributed by atoms with Gasteiger partial charge in [0, 0.05) is 6.20 Å². The molecule has 18 heavy (non-hydrogen) atoms. The molecule has 90 valence electrons. The fraction of sp³-hybridized carbons (Fsp3) is 0.0769. The Bertz CT molecular complexity index is 669. The van der Waals surface area contributed by atoms with Crippen LogP contribution in [0.4, 0.5) is 5.82 Å². The van der Waals surface area contributed by atoms with Crippen LogP contribution in [0.15, 0.2) is 35.8 Å². The number of hydrogen-bond donors (Lipinski definition) is 2. The minimum absolute atomic E-state index is 0.483. The maximum absolute atomic E-state index is 5.95.